The van der Waals surface area contributed by atoms with Crippen LogP contribution in [0.15, 0.2) is 41.0 Å². The molecule has 40 heavy (non-hydrogen) atoms. The fourth-order valence-corrected chi connectivity index (χ4v) is 6.44. The first kappa shape index (κ1) is 28.1. The Bertz CT molecular complexity index is 1430. The van der Waals surface area contributed by atoms with Gasteiger partial charge in [0.1, 0.15) is 34.7 Å². The second-order valence-corrected chi connectivity index (χ2v) is 12.6. The third-order valence-electron chi connectivity index (χ3n) is 8.51. The van der Waals surface area contributed by atoms with Crippen LogP contribution in [-0.4, -0.2) is 46.4 Å². The second-order valence-electron chi connectivity index (χ2n) is 12.6. The van der Waals surface area contributed by atoms with Gasteiger partial charge in [0, 0.05) is 23.0 Å². The van der Waals surface area contributed by atoms with Gasteiger partial charge in [0.15, 0.2) is 5.78 Å². The summed E-state index contributed by atoms with van der Waals surface area (Å²) in [4.78, 5) is 39.0. The molecule has 1 aromatic carbocycles. The minimum Gasteiger partial charge on any atom is -0.506 e. The zero-order chi connectivity index (χ0) is 29.2. The average molecular weight is 547 g/mol. The molecular formula is C33H38O7. The van der Waals surface area contributed by atoms with Crippen LogP contribution in [0.5, 0.6) is 17.2 Å². The highest BCUT2D eigenvalue weighted by Gasteiger charge is 2.70. The van der Waals surface area contributed by atoms with E-state index in [9.17, 15) is 19.5 Å². The molecular weight excluding hydrogens is 508 g/mol. The van der Waals surface area contributed by atoms with Crippen molar-refractivity contribution in [1.29, 1.82) is 0 Å². The highest BCUT2D eigenvalue weighted by Crippen LogP contribution is 2.61. The summed E-state index contributed by atoms with van der Waals surface area (Å²) in [6, 6.07) is 0. The van der Waals surface area contributed by atoms with Gasteiger partial charge in [0.05, 0.1) is 17.8 Å². The molecule has 1 spiro atoms. The molecule has 1 N–H and O–H groups in total. The summed E-state index contributed by atoms with van der Waals surface area (Å²) >= 11 is 0. The molecule has 5 rings (SSSR count). The standard InChI is InChI=1S/C33H38O7/c1-18(2)10-11-22-28-21(12-13-31(4,5)39-28)26(35)25-27(36)23-15-20-16-24(33(23,30(20)37)40-29(22)25)32(6,7)38-14-8-9-19(3)17-34/h9-10,12-13,15,17,20,24,35H,8,11,14,16H2,1-7H3/b19-9+. The lowest BCUT2D eigenvalue weighted by atomic mass is 9.70. The minimum absolute atomic E-state index is 0.0769. The summed E-state index contributed by atoms with van der Waals surface area (Å²) in [7, 11) is 0. The van der Waals surface area contributed by atoms with Crippen molar-refractivity contribution < 1.29 is 33.7 Å². The Balaban J connectivity index is 1.63. The van der Waals surface area contributed by atoms with Gasteiger partial charge >= 0.3 is 0 Å². The van der Waals surface area contributed by atoms with E-state index in [1.165, 1.54) is 0 Å². The van der Waals surface area contributed by atoms with Crippen LogP contribution in [-0.2, 0) is 20.7 Å². The lowest BCUT2D eigenvalue weighted by Gasteiger charge is -2.46. The predicted octanol–water partition coefficient (Wildman–Crippen LogP) is 5.87. The van der Waals surface area contributed by atoms with Crippen LogP contribution in [0.3, 0.4) is 0 Å². The van der Waals surface area contributed by atoms with Crippen molar-refractivity contribution in [1.82, 2.24) is 0 Å². The molecule has 2 heterocycles. The van der Waals surface area contributed by atoms with Gasteiger partial charge in [-0.05, 0) is 85.5 Å². The molecule has 0 saturated heterocycles. The molecule has 4 aliphatic rings. The number of phenolic OH excluding ortho intramolecular Hbond substituents is 1. The number of phenols is 1. The molecule has 2 aliphatic heterocycles. The monoisotopic (exact) mass is 546 g/mol. The van der Waals surface area contributed by atoms with Crippen LogP contribution < -0.4 is 9.47 Å². The van der Waals surface area contributed by atoms with Crippen molar-refractivity contribution in [2.75, 3.05) is 6.61 Å². The van der Waals surface area contributed by atoms with Gasteiger partial charge in [0.25, 0.3) is 0 Å². The van der Waals surface area contributed by atoms with E-state index >= 15 is 0 Å². The molecule has 3 unspecified atom stereocenters. The number of hydrogen-bond donors (Lipinski definition) is 1. The van der Waals surface area contributed by atoms with Crippen molar-refractivity contribution >= 4 is 23.9 Å². The molecule has 7 heteroatoms. The predicted molar refractivity (Wildman–Crippen MR) is 152 cm³/mol. The third kappa shape index (κ3) is 4.26. The maximum Gasteiger partial charge on any atom is 0.201 e. The number of aldehydes is 1. The zero-order valence-electron chi connectivity index (χ0n) is 24.3. The summed E-state index contributed by atoms with van der Waals surface area (Å²) in [6.45, 7) is 13.7. The second kappa shape index (κ2) is 9.58. The molecule has 1 saturated carbocycles. The van der Waals surface area contributed by atoms with Crippen molar-refractivity contribution in [2.45, 2.75) is 84.5 Å². The van der Waals surface area contributed by atoms with Gasteiger partial charge in [-0.3, -0.25) is 14.4 Å². The molecule has 7 nitrogen and oxygen atoms in total. The van der Waals surface area contributed by atoms with Crippen molar-refractivity contribution in [3.8, 4) is 17.2 Å². The SMILES string of the molecule is CC(C)=CCc1c2c(c(O)c3c1OC14C(=O)C(C=C1C3=O)CC4C(C)(C)OCC/C=C(\C)C=O)C=CC(C)(C)O2. The van der Waals surface area contributed by atoms with Gasteiger partial charge in [-0.25, -0.2) is 0 Å². The Hall–Kier alpha value is -3.45. The van der Waals surface area contributed by atoms with E-state index < -0.39 is 28.6 Å². The number of ketones is 2. The fraction of sp³-hybridized carbons (Fsp3) is 0.485. The third-order valence-corrected chi connectivity index (χ3v) is 8.51. The van der Waals surface area contributed by atoms with E-state index in [1.54, 1.807) is 19.1 Å². The normalized spacial score (nSPS) is 25.9. The molecule has 0 radical (unpaired) electrons. The first-order chi connectivity index (χ1) is 18.7. The number of fused-ring (bicyclic) bond motifs is 3. The van der Waals surface area contributed by atoms with Crippen molar-refractivity contribution in [2.24, 2.45) is 11.8 Å². The zero-order valence-corrected chi connectivity index (χ0v) is 24.3. The van der Waals surface area contributed by atoms with Crippen LogP contribution in [0.1, 0.15) is 82.8 Å². The molecule has 1 fully saturated rings. The smallest absolute Gasteiger partial charge is 0.201 e. The van der Waals surface area contributed by atoms with E-state index in [0.717, 1.165) is 11.9 Å². The van der Waals surface area contributed by atoms with E-state index in [2.05, 4.69) is 0 Å². The number of rotatable bonds is 8. The average Bonchev–Trinajstić information content (AvgIpc) is 3.31. The number of Topliss-reactive ketones (excluding diaryl/α,β-unsaturated/α-hetero) is 2. The Kier molecular flexibility index (Phi) is 6.73. The Morgan fingerprint density at radius 2 is 1.88 bits per heavy atom. The summed E-state index contributed by atoms with van der Waals surface area (Å²) in [5.41, 5.74) is 0.186. The van der Waals surface area contributed by atoms with Gasteiger partial charge in [-0.15, -0.1) is 0 Å². The van der Waals surface area contributed by atoms with Gasteiger partial charge in [0.2, 0.25) is 11.4 Å². The highest BCUT2D eigenvalue weighted by atomic mass is 16.5. The van der Waals surface area contributed by atoms with Crippen LogP contribution in [0, 0.1) is 11.8 Å². The van der Waals surface area contributed by atoms with E-state index in [-0.39, 0.29) is 34.2 Å². The van der Waals surface area contributed by atoms with Crippen LogP contribution in [0.25, 0.3) is 6.08 Å². The maximum absolute atomic E-state index is 14.2. The lowest BCUT2D eigenvalue weighted by molar-refractivity contribution is -0.141. The molecule has 2 aliphatic carbocycles. The minimum atomic E-state index is -1.51. The number of ether oxygens (including phenoxy) is 3. The molecule has 3 atom stereocenters. The lowest BCUT2D eigenvalue weighted by Crippen LogP contribution is -2.58. The molecule has 212 valence electrons. The molecule has 2 bridgehead atoms. The van der Waals surface area contributed by atoms with Crippen LogP contribution in [0.2, 0.25) is 0 Å². The number of carbonyl (C=O) groups is 3. The highest BCUT2D eigenvalue weighted by molar-refractivity contribution is 6.23. The van der Waals surface area contributed by atoms with Crippen molar-refractivity contribution in [3.05, 3.63) is 57.7 Å². The first-order valence-corrected chi connectivity index (χ1v) is 13.9. The maximum atomic E-state index is 14.2. The van der Waals surface area contributed by atoms with E-state index in [4.69, 9.17) is 14.2 Å². The topological polar surface area (TPSA) is 99.1 Å². The quantitative estimate of drug-likeness (QED) is 0.188. The summed E-state index contributed by atoms with van der Waals surface area (Å²) in [5, 5.41) is 11.4. The summed E-state index contributed by atoms with van der Waals surface area (Å²) < 4.78 is 19.4. The number of carbonyl (C=O) groups excluding carboxylic acids is 3. The number of allylic oxidation sites excluding steroid dienone is 4. The van der Waals surface area contributed by atoms with Crippen LogP contribution >= 0.6 is 0 Å². The Morgan fingerprint density at radius 3 is 2.55 bits per heavy atom. The number of aromatic hydroxyl groups is 1. The van der Waals surface area contributed by atoms with Crippen molar-refractivity contribution in [3.63, 3.8) is 0 Å². The molecule has 1 aromatic rings. The Morgan fingerprint density at radius 1 is 1.15 bits per heavy atom. The van der Waals surface area contributed by atoms with Gasteiger partial charge < -0.3 is 19.3 Å². The van der Waals surface area contributed by atoms with Crippen LogP contribution in [0.4, 0.5) is 0 Å². The Labute approximate surface area is 235 Å². The fourth-order valence-electron chi connectivity index (χ4n) is 6.44. The van der Waals surface area contributed by atoms with Gasteiger partial charge in [-0.2, -0.15) is 0 Å². The van der Waals surface area contributed by atoms with E-state index in [0.29, 0.717) is 48.3 Å². The largest absolute Gasteiger partial charge is 0.506 e. The molecule has 0 aromatic heterocycles. The molecule has 0 amide bonds. The number of benzene rings is 1. The summed E-state index contributed by atoms with van der Waals surface area (Å²) in [5.74, 6) is -0.960. The summed E-state index contributed by atoms with van der Waals surface area (Å²) in [6.07, 6.45) is 11.4. The van der Waals surface area contributed by atoms with E-state index in [1.807, 2.05) is 59.8 Å². The number of hydrogen-bond acceptors (Lipinski definition) is 7. The first-order valence-electron chi connectivity index (χ1n) is 13.9. The van der Waals surface area contributed by atoms with Gasteiger partial charge in [-0.1, -0.05) is 23.8 Å².